The van der Waals surface area contributed by atoms with Gasteiger partial charge in [0.25, 0.3) is 5.91 Å². The van der Waals surface area contributed by atoms with Crippen molar-refractivity contribution < 1.29 is 14.4 Å². The number of benzene rings is 1. The third-order valence-corrected chi connectivity index (χ3v) is 4.76. The third-order valence-electron chi connectivity index (χ3n) is 4.76. The predicted molar refractivity (Wildman–Crippen MR) is 107 cm³/mol. The number of hydrogen-bond acceptors (Lipinski definition) is 3. The number of rotatable bonds is 6. The third kappa shape index (κ3) is 6.20. The van der Waals surface area contributed by atoms with Crippen LogP contribution in [0.15, 0.2) is 24.3 Å². The zero-order valence-corrected chi connectivity index (χ0v) is 17.3. The highest BCUT2D eigenvalue weighted by Crippen LogP contribution is 2.27. The van der Waals surface area contributed by atoms with E-state index in [2.05, 4.69) is 50.9 Å². The van der Waals surface area contributed by atoms with Crippen molar-refractivity contribution in [2.24, 2.45) is 5.41 Å². The molecule has 0 radical (unpaired) electrons. The number of methoxy groups -OCH3 is 1. The number of amides is 1. The molecule has 146 valence electrons. The Morgan fingerprint density at radius 3 is 2.35 bits per heavy atom. The highest BCUT2D eigenvalue weighted by molar-refractivity contribution is 5.77. The van der Waals surface area contributed by atoms with Gasteiger partial charge in [-0.05, 0) is 37.8 Å². The average molecular weight is 363 g/mol. The average Bonchev–Trinajstić information content (AvgIpc) is 2.52. The lowest BCUT2D eigenvalue weighted by Crippen LogP contribution is -3.16. The SMILES string of the molecule is COc1ccccc1N1CC[NH+](CC(=O)NC(C)(C)CC(C)(C)C)CC1. The Balaban J connectivity index is 1.84. The lowest BCUT2D eigenvalue weighted by molar-refractivity contribution is -0.892. The Morgan fingerprint density at radius 2 is 1.77 bits per heavy atom. The summed E-state index contributed by atoms with van der Waals surface area (Å²) >= 11 is 0. The molecule has 1 aromatic carbocycles. The van der Waals surface area contributed by atoms with Crippen molar-refractivity contribution >= 4 is 11.6 Å². The summed E-state index contributed by atoms with van der Waals surface area (Å²) in [5, 5.41) is 3.23. The van der Waals surface area contributed by atoms with E-state index in [4.69, 9.17) is 4.74 Å². The minimum absolute atomic E-state index is 0.153. The largest absolute Gasteiger partial charge is 0.495 e. The second-order valence-electron chi connectivity index (χ2n) is 9.26. The smallest absolute Gasteiger partial charge is 0.275 e. The van der Waals surface area contributed by atoms with Crippen LogP contribution in [0.5, 0.6) is 5.75 Å². The summed E-state index contributed by atoms with van der Waals surface area (Å²) in [6.07, 6.45) is 0.961. The van der Waals surface area contributed by atoms with Gasteiger partial charge in [-0.2, -0.15) is 0 Å². The van der Waals surface area contributed by atoms with Gasteiger partial charge in [0.1, 0.15) is 5.75 Å². The Labute approximate surface area is 158 Å². The number of ether oxygens (including phenoxy) is 1. The standard InChI is InChI=1S/C21H35N3O2/c1-20(2,3)16-21(4,5)22-19(25)15-23-11-13-24(14-12-23)17-9-7-8-10-18(17)26-6/h7-10H,11-16H2,1-6H3,(H,22,25)/p+1. The molecule has 0 spiro atoms. The number of nitrogens with one attached hydrogen (secondary N) is 2. The molecule has 0 bridgehead atoms. The minimum Gasteiger partial charge on any atom is -0.495 e. The van der Waals surface area contributed by atoms with Crippen molar-refractivity contribution in [1.29, 1.82) is 0 Å². The van der Waals surface area contributed by atoms with E-state index in [1.807, 2.05) is 18.2 Å². The maximum Gasteiger partial charge on any atom is 0.275 e. The molecule has 2 rings (SSSR count). The number of quaternary nitrogens is 1. The number of hydrogen-bond donors (Lipinski definition) is 2. The van der Waals surface area contributed by atoms with Crippen LogP contribution in [0.3, 0.4) is 0 Å². The maximum absolute atomic E-state index is 12.5. The van der Waals surface area contributed by atoms with Crippen LogP contribution in [0, 0.1) is 5.41 Å². The topological polar surface area (TPSA) is 46.0 Å². The molecule has 5 heteroatoms. The molecule has 26 heavy (non-hydrogen) atoms. The van der Waals surface area contributed by atoms with Crippen molar-refractivity contribution in [3.8, 4) is 5.75 Å². The van der Waals surface area contributed by atoms with Gasteiger partial charge < -0.3 is 19.9 Å². The number of piperazine rings is 1. The first kappa shape index (κ1) is 20.6. The van der Waals surface area contributed by atoms with E-state index >= 15 is 0 Å². The molecule has 0 atom stereocenters. The maximum atomic E-state index is 12.5. The summed E-state index contributed by atoms with van der Waals surface area (Å²) in [4.78, 5) is 16.2. The van der Waals surface area contributed by atoms with Crippen LogP contribution in [0.2, 0.25) is 0 Å². The highest BCUT2D eigenvalue weighted by Gasteiger charge is 2.29. The number of nitrogens with zero attached hydrogens (tertiary/aromatic N) is 1. The fourth-order valence-electron chi connectivity index (χ4n) is 4.15. The van der Waals surface area contributed by atoms with E-state index in [9.17, 15) is 4.79 Å². The van der Waals surface area contributed by atoms with Crippen LogP contribution in [0.1, 0.15) is 41.0 Å². The van der Waals surface area contributed by atoms with Crippen molar-refractivity contribution in [3.63, 3.8) is 0 Å². The number of anilines is 1. The molecule has 1 fully saturated rings. The number of carbonyl (C=O) groups is 1. The molecule has 1 aliphatic rings. The summed E-state index contributed by atoms with van der Waals surface area (Å²) in [5.74, 6) is 1.07. The van der Waals surface area contributed by atoms with Gasteiger partial charge in [-0.3, -0.25) is 4.79 Å². The number of para-hydroxylation sites is 2. The van der Waals surface area contributed by atoms with Gasteiger partial charge >= 0.3 is 0 Å². The van der Waals surface area contributed by atoms with E-state index in [1.54, 1.807) is 7.11 Å². The molecule has 1 aromatic rings. The van der Waals surface area contributed by atoms with Gasteiger partial charge in [-0.15, -0.1) is 0 Å². The first-order valence-corrected chi connectivity index (χ1v) is 9.62. The molecule has 2 N–H and O–H groups in total. The van der Waals surface area contributed by atoms with Crippen LogP contribution >= 0.6 is 0 Å². The van der Waals surface area contributed by atoms with Gasteiger partial charge in [-0.1, -0.05) is 32.9 Å². The Kier molecular flexibility index (Phi) is 6.56. The van der Waals surface area contributed by atoms with Crippen LogP contribution in [0.25, 0.3) is 0 Å². The van der Waals surface area contributed by atoms with E-state index in [-0.39, 0.29) is 16.9 Å². The van der Waals surface area contributed by atoms with E-state index < -0.39 is 0 Å². The van der Waals surface area contributed by atoms with Crippen LogP contribution in [0.4, 0.5) is 5.69 Å². The lowest BCUT2D eigenvalue weighted by Gasteiger charge is -2.36. The molecule has 0 aliphatic carbocycles. The predicted octanol–water partition coefficient (Wildman–Crippen LogP) is 1.73. The van der Waals surface area contributed by atoms with E-state index in [1.165, 1.54) is 4.90 Å². The Bertz CT molecular complexity index is 600. The molecule has 0 aromatic heterocycles. The summed E-state index contributed by atoms with van der Waals surface area (Å²) in [6, 6.07) is 8.14. The molecule has 1 amide bonds. The fourth-order valence-corrected chi connectivity index (χ4v) is 4.15. The van der Waals surface area contributed by atoms with Crippen LogP contribution in [-0.2, 0) is 4.79 Å². The first-order valence-electron chi connectivity index (χ1n) is 9.62. The van der Waals surface area contributed by atoms with Gasteiger partial charge in [0.05, 0.1) is 39.0 Å². The first-order chi connectivity index (χ1) is 12.1. The monoisotopic (exact) mass is 362 g/mol. The lowest BCUT2D eigenvalue weighted by atomic mass is 9.82. The quantitative estimate of drug-likeness (QED) is 0.810. The molecule has 0 unspecified atom stereocenters. The minimum atomic E-state index is -0.173. The summed E-state index contributed by atoms with van der Waals surface area (Å²) in [6.45, 7) is 15.2. The summed E-state index contributed by atoms with van der Waals surface area (Å²) in [7, 11) is 1.71. The molecule has 0 saturated carbocycles. The van der Waals surface area contributed by atoms with Crippen LogP contribution in [-0.4, -0.2) is 51.3 Å². The molecule has 5 nitrogen and oxygen atoms in total. The van der Waals surface area contributed by atoms with Gasteiger partial charge in [-0.25, -0.2) is 0 Å². The van der Waals surface area contributed by atoms with Crippen molar-refractivity contribution in [2.75, 3.05) is 44.7 Å². The highest BCUT2D eigenvalue weighted by atomic mass is 16.5. The van der Waals surface area contributed by atoms with Crippen molar-refractivity contribution in [3.05, 3.63) is 24.3 Å². The molecular weight excluding hydrogens is 326 g/mol. The van der Waals surface area contributed by atoms with Crippen molar-refractivity contribution in [2.45, 2.75) is 46.6 Å². The van der Waals surface area contributed by atoms with Gasteiger partial charge in [0.15, 0.2) is 6.54 Å². The Hall–Kier alpha value is -1.75. The zero-order valence-electron chi connectivity index (χ0n) is 17.3. The molecule has 1 aliphatic heterocycles. The molecular formula is C21H36N3O2+. The van der Waals surface area contributed by atoms with Crippen molar-refractivity contribution in [1.82, 2.24) is 5.32 Å². The molecule has 1 saturated heterocycles. The normalized spacial score (nSPS) is 16.5. The Morgan fingerprint density at radius 1 is 1.15 bits per heavy atom. The van der Waals surface area contributed by atoms with Gasteiger partial charge in [0.2, 0.25) is 0 Å². The van der Waals surface area contributed by atoms with E-state index in [0.29, 0.717) is 6.54 Å². The summed E-state index contributed by atoms with van der Waals surface area (Å²) in [5.41, 5.74) is 1.17. The fraction of sp³-hybridized carbons (Fsp3) is 0.667. The van der Waals surface area contributed by atoms with E-state index in [0.717, 1.165) is 44.0 Å². The van der Waals surface area contributed by atoms with Gasteiger partial charge in [0, 0.05) is 5.54 Å². The zero-order chi connectivity index (χ0) is 19.4. The molecule has 1 heterocycles. The summed E-state index contributed by atoms with van der Waals surface area (Å²) < 4.78 is 5.47. The van der Waals surface area contributed by atoms with Crippen LogP contribution < -0.4 is 19.9 Å². The second kappa shape index (κ2) is 8.30. The second-order valence-corrected chi connectivity index (χ2v) is 9.26. The number of carbonyl (C=O) groups excluding carboxylic acids is 1.